The number of carbonyl (C=O) groups excluding carboxylic acids is 1. The van der Waals surface area contributed by atoms with Crippen molar-refractivity contribution in [3.05, 3.63) is 83.9 Å². The van der Waals surface area contributed by atoms with Crippen LogP contribution >= 0.6 is 0 Å². The van der Waals surface area contributed by atoms with Gasteiger partial charge in [-0.25, -0.2) is 4.39 Å². The highest BCUT2D eigenvalue weighted by molar-refractivity contribution is 6.06. The molecule has 6 heteroatoms. The number of hydrogen-bond acceptors (Lipinski definition) is 4. The normalized spacial score (nSPS) is 10.2. The van der Waals surface area contributed by atoms with E-state index in [2.05, 4.69) is 15.5 Å². The molecule has 2 aromatic carbocycles. The first kappa shape index (κ1) is 15.6. The highest BCUT2D eigenvalue weighted by Gasteiger charge is 2.12. The fraction of sp³-hybridized carbons (Fsp3) is 0.0556. The van der Waals surface area contributed by atoms with Crippen LogP contribution < -0.4 is 10.1 Å². The molecule has 0 unspecified atom stereocenters. The molecule has 5 nitrogen and oxygen atoms in total. The number of nitrogens with zero attached hydrogens (tertiary/aromatic N) is 2. The van der Waals surface area contributed by atoms with Crippen LogP contribution in [0.5, 0.6) is 5.75 Å². The molecular weight excluding hydrogens is 309 g/mol. The highest BCUT2D eigenvalue weighted by atomic mass is 19.1. The quantitative estimate of drug-likeness (QED) is 0.781. The minimum atomic E-state index is -0.308. The molecule has 1 heterocycles. The molecule has 3 rings (SSSR count). The lowest BCUT2D eigenvalue weighted by molar-refractivity contribution is 0.102. The summed E-state index contributed by atoms with van der Waals surface area (Å²) in [5.74, 6) is -0.163. The number of ether oxygens (including phenoxy) is 1. The van der Waals surface area contributed by atoms with Crippen LogP contribution in [-0.2, 0) is 6.61 Å². The number of amides is 1. The number of anilines is 1. The first-order chi connectivity index (χ1) is 11.7. The van der Waals surface area contributed by atoms with Crippen LogP contribution in [-0.4, -0.2) is 16.1 Å². The van der Waals surface area contributed by atoms with Crippen LogP contribution in [0.1, 0.15) is 15.9 Å². The van der Waals surface area contributed by atoms with E-state index >= 15 is 0 Å². The van der Waals surface area contributed by atoms with E-state index < -0.39 is 0 Å². The third-order valence-corrected chi connectivity index (χ3v) is 3.28. The van der Waals surface area contributed by atoms with Crippen molar-refractivity contribution < 1.29 is 13.9 Å². The van der Waals surface area contributed by atoms with Gasteiger partial charge in [0.25, 0.3) is 5.91 Å². The number of hydrogen-bond donors (Lipinski definition) is 1. The predicted molar refractivity (Wildman–Crippen MR) is 87.2 cm³/mol. The number of para-hydroxylation sites is 1. The van der Waals surface area contributed by atoms with E-state index in [4.69, 9.17) is 4.74 Å². The summed E-state index contributed by atoms with van der Waals surface area (Å²) in [7, 11) is 0. The molecule has 1 N–H and O–H groups in total. The molecule has 0 aliphatic carbocycles. The van der Waals surface area contributed by atoms with E-state index in [1.807, 2.05) is 0 Å². The van der Waals surface area contributed by atoms with Gasteiger partial charge in [0.2, 0.25) is 0 Å². The van der Waals surface area contributed by atoms with E-state index in [1.54, 1.807) is 42.5 Å². The van der Waals surface area contributed by atoms with Crippen molar-refractivity contribution in [1.82, 2.24) is 10.2 Å². The molecule has 0 saturated heterocycles. The molecule has 1 amide bonds. The van der Waals surface area contributed by atoms with Crippen molar-refractivity contribution in [2.75, 3.05) is 5.32 Å². The molecule has 0 atom stereocenters. The lowest BCUT2D eigenvalue weighted by Crippen LogP contribution is -2.13. The summed E-state index contributed by atoms with van der Waals surface area (Å²) in [6.45, 7) is 0.237. The monoisotopic (exact) mass is 323 g/mol. The molecule has 24 heavy (non-hydrogen) atoms. The Kier molecular flexibility index (Phi) is 4.76. The average molecular weight is 323 g/mol. The lowest BCUT2D eigenvalue weighted by atomic mass is 10.2. The second kappa shape index (κ2) is 7.32. The standard InChI is InChI=1S/C18H14FN3O2/c19-14-7-5-13(6-8-14)12-24-17-4-2-1-3-16(17)18(23)22-15-9-10-20-21-11-15/h1-11H,12H2,(H,20,22,23). The number of rotatable bonds is 5. The van der Waals surface area contributed by atoms with Gasteiger partial charge in [-0.2, -0.15) is 10.2 Å². The molecule has 0 radical (unpaired) electrons. The van der Waals surface area contributed by atoms with Crippen LogP contribution in [0.3, 0.4) is 0 Å². The lowest BCUT2D eigenvalue weighted by Gasteiger charge is -2.11. The minimum absolute atomic E-state index is 0.237. The van der Waals surface area contributed by atoms with Crippen molar-refractivity contribution in [3.8, 4) is 5.75 Å². The van der Waals surface area contributed by atoms with Gasteiger partial charge in [0.15, 0.2) is 0 Å². The van der Waals surface area contributed by atoms with E-state index in [0.717, 1.165) is 5.56 Å². The summed E-state index contributed by atoms with van der Waals surface area (Å²) >= 11 is 0. The largest absolute Gasteiger partial charge is 0.488 e. The maximum atomic E-state index is 12.9. The Morgan fingerprint density at radius 1 is 1.04 bits per heavy atom. The van der Waals surface area contributed by atoms with Gasteiger partial charge in [0.05, 0.1) is 23.6 Å². The summed E-state index contributed by atoms with van der Waals surface area (Å²) in [4.78, 5) is 12.4. The Hall–Kier alpha value is -3.28. The van der Waals surface area contributed by atoms with Gasteiger partial charge in [0, 0.05) is 0 Å². The van der Waals surface area contributed by atoms with Crippen LogP contribution in [0, 0.1) is 5.82 Å². The molecule has 0 bridgehead atoms. The Balaban J connectivity index is 1.72. The Morgan fingerprint density at radius 2 is 1.83 bits per heavy atom. The number of aromatic nitrogens is 2. The fourth-order valence-corrected chi connectivity index (χ4v) is 2.08. The molecule has 120 valence electrons. The van der Waals surface area contributed by atoms with Crippen molar-refractivity contribution in [3.63, 3.8) is 0 Å². The van der Waals surface area contributed by atoms with Crippen molar-refractivity contribution >= 4 is 11.6 Å². The molecule has 0 fully saturated rings. The van der Waals surface area contributed by atoms with Crippen molar-refractivity contribution in [1.29, 1.82) is 0 Å². The minimum Gasteiger partial charge on any atom is -0.488 e. The summed E-state index contributed by atoms with van der Waals surface area (Å²) in [6.07, 6.45) is 2.95. The van der Waals surface area contributed by atoms with Gasteiger partial charge in [-0.1, -0.05) is 24.3 Å². The topological polar surface area (TPSA) is 64.1 Å². The van der Waals surface area contributed by atoms with Crippen LogP contribution in [0.4, 0.5) is 10.1 Å². The number of nitrogens with one attached hydrogen (secondary N) is 1. The fourth-order valence-electron chi connectivity index (χ4n) is 2.08. The molecule has 1 aromatic heterocycles. The highest BCUT2D eigenvalue weighted by Crippen LogP contribution is 2.21. The van der Waals surface area contributed by atoms with Gasteiger partial charge in [0.1, 0.15) is 18.2 Å². The van der Waals surface area contributed by atoms with Crippen LogP contribution in [0.25, 0.3) is 0 Å². The van der Waals surface area contributed by atoms with Crippen molar-refractivity contribution in [2.24, 2.45) is 0 Å². The smallest absolute Gasteiger partial charge is 0.259 e. The summed E-state index contributed by atoms with van der Waals surface area (Å²) in [5.41, 5.74) is 1.75. The summed E-state index contributed by atoms with van der Waals surface area (Å²) < 4.78 is 18.6. The first-order valence-electron chi connectivity index (χ1n) is 7.27. The Bertz CT molecular complexity index is 823. The van der Waals surface area contributed by atoms with E-state index in [9.17, 15) is 9.18 Å². The number of benzene rings is 2. The number of halogens is 1. The second-order valence-corrected chi connectivity index (χ2v) is 5.00. The molecular formula is C18H14FN3O2. The zero-order valence-electron chi connectivity index (χ0n) is 12.6. The maximum absolute atomic E-state index is 12.9. The van der Waals surface area contributed by atoms with Crippen LogP contribution in [0.2, 0.25) is 0 Å². The second-order valence-electron chi connectivity index (χ2n) is 5.00. The zero-order chi connectivity index (χ0) is 16.8. The third-order valence-electron chi connectivity index (χ3n) is 3.28. The molecule has 0 spiro atoms. The molecule has 0 aliphatic rings. The molecule has 3 aromatic rings. The molecule has 0 saturated carbocycles. The molecule has 0 aliphatic heterocycles. The third kappa shape index (κ3) is 3.92. The van der Waals surface area contributed by atoms with Gasteiger partial charge < -0.3 is 10.1 Å². The Labute approximate surface area is 138 Å². The van der Waals surface area contributed by atoms with E-state index in [-0.39, 0.29) is 18.3 Å². The summed E-state index contributed by atoms with van der Waals surface area (Å²) in [6, 6.07) is 14.6. The zero-order valence-corrected chi connectivity index (χ0v) is 12.6. The number of carbonyl (C=O) groups is 1. The maximum Gasteiger partial charge on any atom is 0.259 e. The average Bonchev–Trinajstić information content (AvgIpc) is 2.62. The predicted octanol–water partition coefficient (Wildman–Crippen LogP) is 3.45. The van der Waals surface area contributed by atoms with Gasteiger partial charge in [-0.05, 0) is 35.9 Å². The summed E-state index contributed by atoms with van der Waals surface area (Å²) in [5, 5.41) is 10.1. The van der Waals surface area contributed by atoms with E-state index in [1.165, 1.54) is 24.5 Å². The van der Waals surface area contributed by atoms with E-state index in [0.29, 0.717) is 17.0 Å². The van der Waals surface area contributed by atoms with Gasteiger partial charge in [-0.3, -0.25) is 4.79 Å². The SMILES string of the molecule is O=C(Nc1ccnnc1)c1ccccc1OCc1ccc(F)cc1. The van der Waals surface area contributed by atoms with Crippen molar-refractivity contribution in [2.45, 2.75) is 6.61 Å². The van der Waals surface area contributed by atoms with Crippen LogP contribution in [0.15, 0.2) is 67.0 Å². The first-order valence-corrected chi connectivity index (χ1v) is 7.27. The Morgan fingerprint density at radius 3 is 2.58 bits per heavy atom. The van der Waals surface area contributed by atoms with Gasteiger partial charge in [-0.15, -0.1) is 0 Å². The van der Waals surface area contributed by atoms with Gasteiger partial charge >= 0.3 is 0 Å².